The Balaban J connectivity index is 1.87. The summed E-state index contributed by atoms with van der Waals surface area (Å²) in [7, 11) is -3.13. The highest BCUT2D eigenvalue weighted by atomic mass is 32.2. The molecule has 1 amide bonds. The lowest BCUT2D eigenvalue weighted by atomic mass is 10.1. The molecule has 1 fully saturated rings. The number of nitrogens with zero attached hydrogens (tertiary/aromatic N) is 3. The van der Waals surface area contributed by atoms with Crippen LogP contribution >= 0.6 is 0 Å². The minimum Gasteiger partial charge on any atom is -0.337 e. The summed E-state index contributed by atoms with van der Waals surface area (Å²) in [6.07, 6.45) is 4.04. The molecule has 0 aromatic carbocycles. The molecule has 3 heterocycles. The van der Waals surface area contributed by atoms with Crippen molar-refractivity contribution in [3.63, 3.8) is 0 Å². The van der Waals surface area contributed by atoms with Gasteiger partial charge in [0.2, 0.25) is 0 Å². The standard InChI is InChI=1S/C14H18N4O3S/c1-9-12-6-10(7-15-13(12)17-16-9)14(19)18-5-3-4-11(8-18)22(2,20)21/h6-7,11H,3-5,8H2,1-2H3,(H,15,16,17). The lowest BCUT2D eigenvalue weighted by Gasteiger charge is -2.31. The number of pyridine rings is 1. The van der Waals surface area contributed by atoms with E-state index in [0.717, 1.165) is 11.1 Å². The van der Waals surface area contributed by atoms with Crippen LogP contribution < -0.4 is 0 Å². The first-order valence-corrected chi connectivity index (χ1v) is 9.10. The van der Waals surface area contributed by atoms with Gasteiger partial charge in [-0.2, -0.15) is 5.10 Å². The van der Waals surface area contributed by atoms with Crippen molar-refractivity contribution < 1.29 is 13.2 Å². The van der Waals surface area contributed by atoms with Crippen LogP contribution in [0.25, 0.3) is 11.0 Å². The molecule has 8 heteroatoms. The zero-order valence-electron chi connectivity index (χ0n) is 12.5. The molecule has 22 heavy (non-hydrogen) atoms. The Bertz CT molecular complexity index is 828. The van der Waals surface area contributed by atoms with Gasteiger partial charge in [-0.25, -0.2) is 13.4 Å². The molecule has 0 saturated carbocycles. The zero-order chi connectivity index (χ0) is 15.9. The monoisotopic (exact) mass is 322 g/mol. The Morgan fingerprint density at radius 1 is 1.45 bits per heavy atom. The normalized spacial score (nSPS) is 19.5. The van der Waals surface area contributed by atoms with E-state index < -0.39 is 15.1 Å². The maximum absolute atomic E-state index is 12.6. The Morgan fingerprint density at radius 2 is 2.23 bits per heavy atom. The second-order valence-corrected chi connectivity index (χ2v) is 8.11. The highest BCUT2D eigenvalue weighted by Crippen LogP contribution is 2.20. The summed E-state index contributed by atoms with van der Waals surface area (Å²) in [5.41, 5.74) is 1.89. The third-order valence-corrected chi connectivity index (χ3v) is 5.71. The molecule has 7 nitrogen and oxygen atoms in total. The van der Waals surface area contributed by atoms with E-state index in [1.54, 1.807) is 11.0 Å². The Morgan fingerprint density at radius 3 is 2.95 bits per heavy atom. The number of amides is 1. The van der Waals surface area contributed by atoms with E-state index >= 15 is 0 Å². The van der Waals surface area contributed by atoms with Gasteiger partial charge < -0.3 is 4.90 Å². The molecular formula is C14H18N4O3S. The average molecular weight is 322 g/mol. The average Bonchev–Trinajstić information content (AvgIpc) is 2.87. The van der Waals surface area contributed by atoms with Crippen LogP contribution in [0.5, 0.6) is 0 Å². The van der Waals surface area contributed by atoms with Gasteiger partial charge >= 0.3 is 0 Å². The van der Waals surface area contributed by atoms with Crippen LogP contribution in [-0.2, 0) is 9.84 Å². The van der Waals surface area contributed by atoms with Crippen LogP contribution in [0.1, 0.15) is 28.9 Å². The zero-order valence-corrected chi connectivity index (χ0v) is 13.4. The maximum Gasteiger partial charge on any atom is 0.255 e. The molecule has 0 aliphatic carbocycles. The fraction of sp³-hybridized carbons (Fsp3) is 0.500. The smallest absolute Gasteiger partial charge is 0.255 e. The molecule has 118 valence electrons. The third-order valence-electron chi connectivity index (χ3n) is 4.12. The van der Waals surface area contributed by atoms with Gasteiger partial charge in [0.05, 0.1) is 10.8 Å². The van der Waals surface area contributed by atoms with Crippen molar-refractivity contribution >= 4 is 26.8 Å². The van der Waals surface area contributed by atoms with Gasteiger partial charge in [0.15, 0.2) is 15.5 Å². The molecule has 1 saturated heterocycles. The van der Waals surface area contributed by atoms with Crippen LogP contribution in [0.2, 0.25) is 0 Å². The minimum absolute atomic E-state index is 0.177. The number of H-pyrrole nitrogens is 1. The van der Waals surface area contributed by atoms with Crippen LogP contribution in [-0.4, -0.2) is 59.0 Å². The number of fused-ring (bicyclic) bond motifs is 1. The number of sulfone groups is 1. The van der Waals surface area contributed by atoms with Gasteiger partial charge in [-0.1, -0.05) is 0 Å². The minimum atomic E-state index is -3.13. The number of rotatable bonds is 2. The van der Waals surface area contributed by atoms with E-state index in [9.17, 15) is 13.2 Å². The molecule has 1 unspecified atom stereocenters. The van der Waals surface area contributed by atoms with E-state index in [1.165, 1.54) is 12.5 Å². The van der Waals surface area contributed by atoms with Crippen LogP contribution in [0.15, 0.2) is 12.3 Å². The number of aromatic nitrogens is 3. The molecule has 2 aromatic heterocycles. The van der Waals surface area contributed by atoms with Crippen LogP contribution in [0, 0.1) is 6.92 Å². The number of likely N-dealkylation sites (tertiary alicyclic amines) is 1. The number of carbonyl (C=O) groups is 1. The second kappa shape index (κ2) is 5.35. The summed E-state index contributed by atoms with van der Waals surface area (Å²) in [6.45, 7) is 2.69. The Kier molecular flexibility index (Phi) is 3.64. The van der Waals surface area contributed by atoms with Crippen LogP contribution in [0.4, 0.5) is 0 Å². The topological polar surface area (TPSA) is 96.0 Å². The summed E-state index contributed by atoms with van der Waals surface area (Å²) in [6, 6.07) is 1.76. The largest absolute Gasteiger partial charge is 0.337 e. The summed E-state index contributed by atoms with van der Waals surface area (Å²) >= 11 is 0. The highest BCUT2D eigenvalue weighted by Gasteiger charge is 2.30. The molecule has 1 atom stereocenters. The molecule has 0 bridgehead atoms. The lowest BCUT2D eigenvalue weighted by Crippen LogP contribution is -2.45. The first kappa shape index (κ1) is 15.0. The summed E-state index contributed by atoms with van der Waals surface area (Å²) < 4.78 is 23.4. The van der Waals surface area contributed by atoms with Crippen molar-refractivity contribution in [2.45, 2.75) is 25.0 Å². The lowest BCUT2D eigenvalue weighted by molar-refractivity contribution is 0.0727. The van der Waals surface area contributed by atoms with Crippen molar-refractivity contribution in [1.82, 2.24) is 20.1 Å². The van der Waals surface area contributed by atoms with Gasteiger partial charge in [0.1, 0.15) is 0 Å². The summed E-state index contributed by atoms with van der Waals surface area (Å²) in [5.74, 6) is -0.177. The molecule has 1 N–H and O–H groups in total. The van der Waals surface area contributed by atoms with Gasteiger partial charge in [0.25, 0.3) is 5.91 Å². The van der Waals surface area contributed by atoms with Crippen molar-refractivity contribution in [2.75, 3.05) is 19.3 Å². The number of carbonyl (C=O) groups excluding carboxylic acids is 1. The fourth-order valence-corrected chi connectivity index (χ4v) is 3.84. The highest BCUT2D eigenvalue weighted by molar-refractivity contribution is 7.91. The van der Waals surface area contributed by atoms with Gasteiger partial charge in [0, 0.05) is 36.6 Å². The van der Waals surface area contributed by atoms with Crippen molar-refractivity contribution in [2.24, 2.45) is 0 Å². The molecule has 1 aliphatic heterocycles. The molecule has 0 spiro atoms. The van der Waals surface area contributed by atoms with E-state index in [2.05, 4.69) is 15.2 Å². The summed E-state index contributed by atoms with van der Waals surface area (Å²) in [4.78, 5) is 18.4. The summed E-state index contributed by atoms with van der Waals surface area (Å²) in [5, 5.41) is 7.20. The van der Waals surface area contributed by atoms with Crippen LogP contribution in [0.3, 0.4) is 0 Å². The maximum atomic E-state index is 12.6. The third kappa shape index (κ3) is 2.70. The Hall–Kier alpha value is -1.96. The molecular weight excluding hydrogens is 304 g/mol. The predicted molar refractivity (Wildman–Crippen MR) is 82.4 cm³/mol. The number of hydrogen-bond donors (Lipinski definition) is 1. The second-order valence-electron chi connectivity index (χ2n) is 5.79. The number of nitrogens with one attached hydrogen (secondary N) is 1. The van der Waals surface area contributed by atoms with E-state index in [1.807, 2.05) is 6.92 Å². The SMILES string of the molecule is Cc1[nH]nc2ncc(C(=O)N3CCCC(S(C)(=O)=O)C3)cc12. The van der Waals surface area contributed by atoms with E-state index in [4.69, 9.17) is 0 Å². The molecule has 0 radical (unpaired) electrons. The first-order chi connectivity index (χ1) is 10.4. The van der Waals surface area contributed by atoms with Crippen molar-refractivity contribution in [1.29, 1.82) is 0 Å². The van der Waals surface area contributed by atoms with Gasteiger partial charge in [-0.3, -0.25) is 9.89 Å². The Labute approximate surface area is 128 Å². The molecule has 2 aromatic rings. The van der Waals surface area contributed by atoms with E-state index in [-0.39, 0.29) is 12.5 Å². The fourth-order valence-electron chi connectivity index (χ4n) is 2.79. The molecule has 3 rings (SSSR count). The quantitative estimate of drug-likeness (QED) is 0.887. The number of hydrogen-bond acceptors (Lipinski definition) is 5. The van der Waals surface area contributed by atoms with Gasteiger partial charge in [-0.05, 0) is 25.8 Å². The predicted octanol–water partition coefficient (Wildman–Crippen LogP) is 0.916. The number of piperidine rings is 1. The number of aryl methyl sites for hydroxylation is 1. The number of aromatic amines is 1. The van der Waals surface area contributed by atoms with Crippen molar-refractivity contribution in [3.8, 4) is 0 Å². The first-order valence-electron chi connectivity index (χ1n) is 7.15. The van der Waals surface area contributed by atoms with Gasteiger partial charge in [-0.15, -0.1) is 0 Å². The van der Waals surface area contributed by atoms with E-state index in [0.29, 0.717) is 30.6 Å². The molecule has 1 aliphatic rings. The van der Waals surface area contributed by atoms with Crippen molar-refractivity contribution in [3.05, 3.63) is 23.5 Å².